The third-order valence-corrected chi connectivity index (χ3v) is 8.82. The number of aliphatic hydroxyl groups excluding tert-OH is 1. The molecule has 4 aliphatic rings. The van der Waals surface area contributed by atoms with Crippen molar-refractivity contribution in [2.24, 2.45) is 34.5 Å². The molecule has 0 amide bonds. The fraction of sp³-hybridized carbons (Fsp3) is 0.750. The number of halogens is 3. The van der Waals surface area contributed by atoms with E-state index in [1.807, 2.05) is 6.92 Å². The normalized spacial score (nSPS) is 46.4. The first-order valence-electron chi connectivity index (χ1n) is 11.3. The zero-order chi connectivity index (χ0) is 22.7. The highest BCUT2D eigenvalue weighted by Crippen LogP contribution is 2.67. The van der Waals surface area contributed by atoms with Crippen molar-refractivity contribution in [2.75, 3.05) is 5.88 Å². The zero-order valence-corrected chi connectivity index (χ0v) is 19.0. The zero-order valence-electron chi connectivity index (χ0n) is 18.2. The van der Waals surface area contributed by atoms with Gasteiger partial charge in [0.05, 0.1) is 6.10 Å². The minimum absolute atomic E-state index is 0.00461. The Morgan fingerprint density at radius 3 is 2.74 bits per heavy atom. The Morgan fingerprint density at radius 2 is 2.10 bits per heavy atom. The van der Waals surface area contributed by atoms with Crippen molar-refractivity contribution in [3.63, 3.8) is 0 Å². The van der Waals surface area contributed by atoms with E-state index < -0.39 is 40.6 Å². The summed E-state index contributed by atoms with van der Waals surface area (Å²) in [5.41, 5.74) is -1.71. The van der Waals surface area contributed by atoms with Gasteiger partial charge < -0.3 is 9.84 Å². The quantitative estimate of drug-likeness (QED) is 0.492. The first-order valence-corrected chi connectivity index (χ1v) is 11.9. The number of rotatable bonds is 4. The highest BCUT2D eigenvalue weighted by atomic mass is 35.5. The molecule has 9 atom stereocenters. The molecule has 4 aliphatic carbocycles. The van der Waals surface area contributed by atoms with Gasteiger partial charge in [0.25, 0.3) is 0 Å². The third kappa shape index (κ3) is 3.23. The predicted octanol–water partition coefficient (Wildman–Crippen LogP) is 4.69. The molecule has 1 N–H and O–H groups in total. The molecule has 7 heteroatoms. The van der Waals surface area contributed by atoms with Crippen molar-refractivity contribution in [2.45, 2.75) is 71.3 Å². The summed E-state index contributed by atoms with van der Waals surface area (Å²) in [6, 6.07) is 0. The molecular weight excluding hydrogens is 426 g/mol. The number of allylic oxidation sites excluding steroid dienone is 4. The largest absolute Gasteiger partial charge is 0.461 e. The van der Waals surface area contributed by atoms with Crippen molar-refractivity contribution in [3.8, 4) is 0 Å². The third-order valence-electron chi connectivity index (χ3n) is 8.64. The lowest BCUT2D eigenvalue weighted by Crippen LogP contribution is -2.60. The number of hydrogen-bond acceptors (Lipinski definition) is 4. The molecule has 0 bridgehead atoms. The van der Waals surface area contributed by atoms with Crippen LogP contribution in [0, 0.1) is 34.5 Å². The number of carbonyl (C=O) groups is 2. The van der Waals surface area contributed by atoms with E-state index in [-0.39, 0.29) is 48.2 Å². The Labute approximate surface area is 187 Å². The van der Waals surface area contributed by atoms with Gasteiger partial charge in [-0.2, -0.15) is 0 Å². The number of carbonyl (C=O) groups excluding carboxylic acids is 2. The summed E-state index contributed by atoms with van der Waals surface area (Å²) < 4.78 is 36.1. The van der Waals surface area contributed by atoms with Gasteiger partial charge in [0.15, 0.2) is 5.83 Å². The number of aliphatic hydroxyl groups is 1. The summed E-state index contributed by atoms with van der Waals surface area (Å²) in [5, 5.41) is 11.4. The van der Waals surface area contributed by atoms with Crippen LogP contribution >= 0.6 is 11.6 Å². The number of ether oxygens (including phenoxy) is 1. The highest BCUT2D eigenvalue weighted by Gasteiger charge is 2.67. The maximum atomic E-state index is 15.4. The molecular formula is C24H31ClF2O4. The number of ketones is 1. The van der Waals surface area contributed by atoms with E-state index in [1.165, 1.54) is 6.08 Å². The van der Waals surface area contributed by atoms with Crippen LogP contribution in [0.5, 0.6) is 0 Å². The molecule has 0 heterocycles. The molecule has 4 rings (SSSR count). The van der Waals surface area contributed by atoms with Gasteiger partial charge in [-0.1, -0.05) is 26.8 Å². The SMILES string of the molecule is CCC(=O)OC1[C@@H](C)C[C@H]2[C@@H]3C[C@H](F)C4=C(F)C(=O)C=C[C@]4(C)[C@H]3[C@@H](O)C[C@]12CCCl. The molecule has 4 nitrogen and oxygen atoms in total. The second kappa shape index (κ2) is 7.95. The lowest BCUT2D eigenvalue weighted by atomic mass is 9.46. The molecule has 0 saturated heterocycles. The lowest BCUT2D eigenvalue weighted by molar-refractivity contribution is -0.176. The Kier molecular flexibility index (Phi) is 5.87. The van der Waals surface area contributed by atoms with Crippen LogP contribution in [0.4, 0.5) is 8.78 Å². The first-order chi connectivity index (χ1) is 14.6. The molecule has 0 aromatic heterocycles. The van der Waals surface area contributed by atoms with E-state index in [9.17, 15) is 19.1 Å². The van der Waals surface area contributed by atoms with E-state index in [0.29, 0.717) is 18.7 Å². The second-order valence-electron chi connectivity index (χ2n) is 10.1. The molecule has 172 valence electrons. The summed E-state index contributed by atoms with van der Waals surface area (Å²) in [7, 11) is 0. The summed E-state index contributed by atoms with van der Waals surface area (Å²) in [5.74, 6) is -2.36. The van der Waals surface area contributed by atoms with Crippen LogP contribution < -0.4 is 0 Å². The second-order valence-corrected chi connectivity index (χ2v) is 10.5. The van der Waals surface area contributed by atoms with Crippen LogP contribution in [-0.2, 0) is 14.3 Å². The average Bonchev–Trinajstić information content (AvgIpc) is 2.96. The lowest BCUT2D eigenvalue weighted by Gasteiger charge is -2.59. The standard InChI is InChI=1S/C24H31ClF2O4/c1-4-18(30)31-22-12(2)9-14-13-10-15(26)20-21(27)16(28)5-6-23(20,3)19(13)17(29)11-24(14,22)7-8-25/h5-6,12-15,17,19,22,29H,4,7-11H2,1-3H3/t12-,13-,14-,15-,17-,19+,22?,23+,24-/m0/s1. The van der Waals surface area contributed by atoms with Crippen LogP contribution in [0.25, 0.3) is 0 Å². The molecule has 0 aromatic rings. The number of fused-ring (bicyclic) bond motifs is 5. The van der Waals surface area contributed by atoms with Crippen LogP contribution in [-0.4, -0.2) is 41.1 Å². The molecule has 0 aliphatic heterocycles. The highest BCUT2D eigenvalue weighted by molar-refractivity contribution is 6.17. The summed E-state index contributed by atoms with van der Waals surface area (Å²) in [4.78, 5) is 24.1. The van der Waals surface area contributed by atoms with Crippen molar-refractivity contribution in [1.82, 2.24) is 0 Å². The number of esters is 1. The predicted molar refractivity (Wildman–Crippen MR) is 113 cm³/mol. The molecule has 0 radical (unpaired) electrons. The summed E-state index contributed by atoms with van der Waals surface area (Å²) in [6.45, 7) is 5.51. The monoisotopic (exact) mass is 456 g/mol. The van der Waals surface area contributed by atoms with Crippen molar-refractivity contribution >= 4 is 23.4 Å². The van der Waals surface area contributed by atoms with Crippen molar-refractivity contribution < 1.29 is 28.2 Å². The fourth-order valence-electron chi connectivity index (χ4n) is 7.58. The average molecular weight is 457 g/mol. The first kappa shape index (κ1) is 22.9. The Morgan fingerprint density at radius 1 is 1.39 bits per heavy atom. The molecule has 3 fully saturated rings. The number of hydrogen-bond donors (Lipinski definition) is 1. The molecule has 0 spiro atoms. The van der Waals surface area contributed by atoms with Gasteiger partial charge >= 0.3 is 5.97 Å². The van der Waals surface area contributed by atoms with E-state index in [1.54, 1.807) is 19.9 Å². The van der Waals surface area contributed by atoms with E-state index in [2.05, 4.69) is 0 Å². The molecule has 1 unspecified atom stereocenters. The van der Waals surface area contributed by atoms with Gasteiger partial charge in [-0.15, -0.1) is 11.6 Å². The van der Waals surface area contributed by atoms with Crippen LogP contribution in [0.2, 0.25) is 0 Å². The fourth-order valence-corrected chi connectivity index (χ4v) is 7.93. The van der Waals surface area contributed by atoms with E-state index >= 15 is 4.39 Å². The van der Waals surface area contributed by atoms with Gasteiger partial charge in [0, 0.05) is 34.6 Å². The Hall–Kier alpha value is -1.27. The maximum absolute atomic E-state index is 15.4. The Bertz CT molecular complexity index is 841. The smallest absolute Gasteiger partial charge is 0.305 e. The minimum atomic E-state index is -1.59. The van der Waals surface area contributed by atoms with E-state index in [4.69, 9.17) is 16.3 Å². The molecule has 31 heavy (non-hydrogen) atoms. The minimum Gasteiger partial charge on any atom is -0.461 e. The topological polar surface area (TPSA) is 63.6 Å². The van der Waals surface area contributed by atoms with Gasteiger partial charge in [-0.3, -0.25) is 9.59 Å². The summed E-state index contributed by atoms with van der Waals surface area (Å²) >= 11 is 6.20. The van der Waals surface area contributed by atoms with Crippen molar-refractivity contribution in [1.29, 1.82) is 0 Å². The maximum Gasteiger partial charge on any atom is 0.305 e. The van der Waals surface area contributed by atoms with E-state index in [0.717, 1.165) is 6.42 Å². The number of alkyl halides is 2. The summed E-state index contributed by atoms with van der Waals surface area (Å²) in [6.07, 6.45) is 1.90. The van der Waals surface area contributed by atoms with Gasteiger partial charge in [0.2, 0.25) is 5.78 Å². The van der Waals surface area contributed by atoms with Gasteiger partial charge in [0.1, 0.15) is 12.3 Å². The van der Waals surface area contributed by atoms with Crippen LogP contribution in [0.1, 0.15) is 52.9 Å². The Balaban J connectivity index is 1.79. The van der Waals surface area contributed by atoms with Crippen molar-refractivity contribution in [3.05, 3.63) is 23.6 Å². The molecule has 0 aromatic carbocycles. The van der Waals surface area contributed by atoms with Crippen LogP contribution in [0.3, 0.4) is 0 Å². The van der Waals surface area contributed by atoms with Gasteiger partial charge in [-0.05, 0) is 49.5 Å². The molecule has 3 saturated carbocycles. The van der Waals surface area contributed by atoms with Crippen LogP contribution in [0.15, 0.2) is 23.6 Å². The van der Waals surface area contributed by atoms with Gasteiger partial charge in [-0.25, -0.2) is 8.78 Å².